The summed E-state index contributed by atoms with van der Waals surface area (Å²) >= 11 is 0. The largest absolute Gasteiger partial charge is 0.401 e. The van der Waals surface area contributed by atoms with Gasteiger partial charge in [0.05, 0.1) is 0 Å². The van der Waals surface area contributed by atoms with Gasteiger partial charge in [0, 0.05) is 43.1 Å². The summed E-state index contributed by atoms with van der Waals surface area (Å²) in [4.78, 5) is 2.36. The Labute approximate surface area is 85.5 Å². The van der Waals surface area contributed by atoms with Crippen LogP contribution in [-0.4, -0.2) is 37.2 Å². The fourth-order valence-electron chi connectivity index (χ4n) is 2.62. The third kappa shape index (κ3) is 1.60. The van der Waals surface area contributed by atoms with Crippen LogP contribution in [-0.2, 0) is 0 Å². The van der Waals surface area contributed by atoms with Crippen LogP contribution in [0.25, 0.3) is 0 Å². The van der Waals surface area contributed by atoms with Crippen molar-refractivity contribution in [2.45, 2.75) is 25.4 Å². The van der Waals surface area contributed by atoms with Gasteiger partial charge >= 0.3 is 0 Å². The fraction of sp³-hybridized carbons (Fsp3) is 0.800. The zero-order chi connectivity index (χ0) is 10.1. The molecule has 2 rings (SSSR count). The molecule has 2 aliphatic rings. The summed E-state index contributed by atoms with van der Waals surface area (Å²) in [7, 11) is 2.16. The molecule has 2 heterocycles. The molecule has 0 aromatic heterocycles. The average Bonchev–Trinajstić information content (AvgIpc) is 2.48. The van der Waals surface area contributed by atoms with Crippen molar-refractivity contribution in [3.05, 3.63) is 11.9 Å². The van der Waals surface area contributed by atoms with E-state index in [1.54, 1.807) is 0 Å². The van der Waals surface area contributed by atoms with Gasteiger partial charge in [-0.1, -0.05) is 0 Å². The summed E-state index contributed by atoms with van der Waals surface area (Å²) in [6, 6.07) is 1.09. The second kappa shape index (κ2) is 3.79. The lowest BCUT2D eigenvalue weighted by molar-refractivity contribution is 0.224. The smallest absolute Gasteiger partial charge is 0.0483 e. The first-order chi connectivity index (χ1) is 6.70. The maximum atomic E-state index is 6.03. The minimum Gasteiger partial charge on any atom is -0.401 e. The summed E-state index contributed by atoms with van der Waals surface area (Å²) in [6.07, 6.45) is 3.11. The van der Waals surface area contributed by atoms with Crippen LogP contribution in [0.4, 0.5) is 0 Å². The molecular weight excluding hydrogens is 176 g/mol. The highest BCUT2D eigenvalue weighted by molar-refractivity contribution is 5.11. The molecule has 0 amide bonds. The van der Waals surface area contributed by atoms with Gasteiger partial charge in [-0.15, -0.1) is 0 Å². The maximum absolute atomic E-state index is 6.03. The minimum absolute atomic E-state index is 0.506. The van der Waals surface area contributed by atoms with Gasteiger partial charge in [0.2, 0.25) is 0 Å². The predicted octanol–water partition coefficient (Wildman–Crippen LogP) is -0.354. The van der Waals surface area contributed by atoms with Crippen molar-refractivity contribution in [3.63, 3.8) is 0 Å². The maximum Gasteiger partial charge on any atom is 0.0483 e. The molecule has 0 spiro atoms. The Kier molecular flexibility index (Phi) is 2.65. The SMILES string of the molecule is CC1NCN(C)C1C1CCNC=C1N. The van der Waals surface area contributed by atoms with E-state index in [2.05, 4.69) is 29.5 Å². The zero-order valence-electron chi connectivity index (χ0n) is 8.96. The Morgan fingerprint density at radius 2 is 2.36 bits per heavy atom. The van der Waals surface area contributed by atoms with Crippen molar-refractivity contribution in [2.24, 2.45) is 11.7 Å². The minimum atomic E-state index is 0.506. The van der Waals surface area contributed by atoms with Crippen LogP contribution in [0.1, 0.15) is 13.3 Å². The molecule has 0 aromatic carbocycles. The van der Waals surface area contributed by atoms with Gasteiger partial charge in [-0.25, -0.2) is 0 Å². The third-order valence-corrected chi connectivity index (χ3v) is 3.39. The van der Waals surface area contributed by atoms with E-state index in [4.69, 9.17) is 5.73 Å². The number of nitrogens with one attached hydrogen (secondary N) is 2. The normalized spacial score (nSPS) is 39.3. The molecule has 4 heteroatoms. The quantitative estimate of drug-likeness (QED) is 0.536. The molecule has 0 radical (unpaired) electrons. The molecule has 0 aliphatic carbocycles. The van der Waals surface area contributed by atoms with Gasteiger partial charge < -0.3 is 16.4 Å². The monoisotopic (exact) mass is 196 g/mol. The zero-order valence-corrected chi connectivity index (χ0v) is 8.96. The van der Waals surface area contributed by atoms with Gasteiger partial charge in [-0.2, -0.15) is 0 Å². The van der Waals surface area contributed by atoms with Crippen LogP contribution in [0, 0.1) is 5.92 Å². The number of hydrogen-bond acceptors (Lipinski definition) is 4. The van der Waals surface area contributed by atoms with Gasteiger partial charge in [-0.05, 0) is 20.4 Å². The Morgan fingerprint density at radius 3 is 2.93 bits per heavy atom. The van der Waals surface area contributed by atoms with Crippen LogP contribution >= 0.6 is 0 Å². The lowest BCUT2D eigenvalue weighted by atomic mass is 9.87. The fourth-order valence-corrected chi connectivity index (χ4v) is 2.62. The van der Waals surface area contributed by atoms with E-state index in [0.717, 1.165) is 25.3 Å². The second-order valence-electron chi connectivity index (χ2n) is 4.39. The van der Waals surface area contributed by atoms with E-state index in [-0.39, 0.29) is 0 Å². The van der Waals surface area contributed by atoms with E-state index in [9.17, 15) is 0 Å². The molecule has 0 aromatic rings. The van der Waals surface area contributed by atoms with Crippen LogP contribution in [0.5, 0.6) is 0 Å². The predicted molar refractivity (Wildman–Crippen MR) is 57.4 cm³/mol. The Bertz CT molecular complexity index is 228. The molecule has 14 heavy (non-hydrogen) atoms. The highest BCUT2D eigenvalue weighted by Crippen LogP contribution is 2.26. The van der Waals surface area contributed by atoms with Crippen molar-refractivity contribution >= 4 is 0 Å². The second-order valence-corrected chi connectivity index (χ2v) is 4.39. The van der Waals surface area contributed by atoms with Crippen LogP contribution < -0.4 is 16.4 Å². The van der Waals surface area contributed by atoms with Crippen molar-refractivity contribution in [1.82, 2.24) is 15.5 Å². The van der Waals surface area contributed by atoms with Gasteiger partial charge in [0.1, 0.15) is 0 Å². The van der Waals surface area contributed by atoms with Gasteiger partial charge in [-0.3, -0.25) is 4.90 Å². The van der Waals surface area contributed by atoms with Crippen LogP contribution in [0.3, 0.4) is 0 Å². The van der Waals surface area contributed by atoms with E-state index in [1.165, 1.54) is 0 Å². The number of hydrogen-bond donors (Lipinski definition) is 3. The Morgan fingerprint density at radius 1 is 1.57 bits per heavy atom. The highest BCUT2D eigenvalue weighted by Gasteiger charge is 2.36. The first-order valence-electron chi connectivity index (χ1n) is 5.32. The Hall–Kier alpha value is -0.740. The van der Waals surface area contributed by atoms with Crippen molar-refractivity contribution < 1.29 is 0 Å². The topological polar surface area (TPSA) is 53.3 Å². The van der Waals surface area contributed by atoms with Crippen LogP contribution in [0.15, 0.2) is 11.9 Å². The van der Waals surface area contributed by atoms with E-state index in [1.807, 2.05) is 6.20 Å². The molecule has 3 atom stereocenters. The van der Waals surface area contributed by atoms with Crippen molar-refractivity contribution in [3.8, 4) is 0 Å². The summed E-state index contributed by atoms with van der Waals surface area (Å²) in [5.41, 5.74) is 7.03. The van der Waals surface area contributed by atoms with E-state index >= 15 is 0 Å². The third-order valence-electron chi connectivity index (χ3n) is 3.39. The highest BCUT2D eigenvalue weighted by atomic mass is 15.3. The number of rotatable bonds is 1. The number of nitrogens with zero attached hydrogens (tertiary/aromatic N) is 1. The Balaban J connectivity index is 2.12. The molecule has 2 aliphatic heterocycles. The first-order valence-corrected chi connectivity index (χ1v) is 5.32. The molecule has 1 saturated heterocycles. The average molecular weight is 196 g/mol. The van der Waals surface area contributed by atoms with E-state index in [0.29, 0.717) is 18.0 Å². The molecule has 4 nitrogen and oxygen atoms in total. The lowest BCUT2D eigenvalue weighted by Gasteiger charge is -2.33. The molecule has 80 valence electrons. The summed E-state index contributed by atoms with van der Waals surface area (Å²) in [5.74, 6) is 0.506. The molecule has 0 saturated carbocycles. The van der Waals surface area contributed by atoms with Crippen molar-refractivity contribution in [1.29, 1.82) is 0 Å². The van der Waals surface area contributed by atoms with E-state index < -0.39 is 0 Å². The van der Waals surface area contributed by atoms with Crippen LogP contribution in [0.2, 0.25) is 0 Å². The summed E-state index contributed by atoms with van der Waals surface area (Å²) in [6.45, 7) is 4.26. The summed E-state index contributed by atoms with van der Waals surface area (Å²) < 4.78 is 0. The first kappa shape index (κ1) is 9.80. The molecule has 0 bridgehead atoms. The van der Waals surface area contributed by atoms with Gasteiger partial charge in [0.15, 0.2) is 0 Å². The standard InChI is InChI=1S/C10H20N4/c1-7-10(14(2)6-13-7)8-3-4-12-5-9(8)11/h5,7-8,10,12-13H,3-4,6,11H2,1-2H3. The molecule has 4 N–H and O–H groups in total. The lowest BCUT2D eigenvalue weighted by Crippen LogP contribution is -2.44. The molecule has 1 fully saturated rings. The number of nitrogens with two attached hydrogens (primary N) is 1. The number of likely N-dealkylation sites (N-methyl/N-ethyl adjacent to an activating group) is 1. The summed E-state index contributed by atoms with van der Waals surface area (Å²) in [5, 5.41) is 6.65. The molecular formula is C10H20N4. The van der Waals surface area contributed by atoms with Crippen molar-refractivity contribution in [2.75, 3.05) is 20.3 Å². The molecule has 3 unspecified atom stereocenters. The van der Waals surface area contributed by atoms with Gasteiger partial charge in [0.25, 0.3) is 0 Å².